The lowest BCUT2D eigenvalue weighted by Crippen LogP contribution is -2.27. The van der Waals surface area contributed by atoms with Crippen LogP contribution in [0.4, 0.5) is 0 Å². The molecule has 0 aliphatic carbocycles. The lowest BCUT2D eigenvalue weighted by atomic mass is 10.2. The Morgan fingerprint density at radius 2 is 2.08 bits per heavy atom. The second-order valence-electron chi connectivity index (χ2n) is 5.82. The highest BCUT2D eigenvalue weighted by molar-refractivity contribution is 14.1. The summed E-state index contributed by atoms with van der Waals surface area (Å²) in [6.07, 6.45) is 4.47. The Morgan fingerprint density at radius 3 is 2.68 bits per heavy atom. The van der Waals surface area contributed by atoms with Crippen LogP contribution in [0.2, 0.25) is 0 Å². The molecule has 1 aromatic carbocycles. The molecule has 0 aliphatic heterocycles. The van der Waals surface area contributed by atoms with Crippen molar-refractivity contribution in [3.05, 3.63) is 45.3 Å². The normalized spacial score (nSPS) is 11.7. The Hall–Kier alpha value is -1.46. The third kappa shape index (κ3) is 5.02. The van der Waals surface area contributed by atoms with E-state index in [1.54, 1.807) is 12.3 Å². The fourth-order valence-corrected chi connectivity index (χ4v) is 3.69. The zero-order valence-electron chi connectivity index (χ0n) is 14.4. The molecule has 7 nitrogen and oxygen atoms in total. The molecule has 0 atom stereocenters. The minimum atomic E-state index is -3.57. The Kier molecular flexibility index (Phi) is 6.58. The molecule has 0 fully saturated rings. The van der Waals surface area contributed by atoms with E-state index in [1.807, 2.05) is 40.4 Å². The molecule has 2 rings (SSSR count). The van der Waals surface area contributed by atoms with Crippen molar-refractivity contribution in [1.82, 2.24) is 19.4 Å². The highest BCUT2D eigenvalue weighted by Gasteiger charge is 2.20. The first-order chi connectivity index (χ1) is 11.7. The van der Waals surface area contributed by atoms with Gasteiger partial charge in [-0.2, -0.15) is 5.10 Å². The molecule has 1 N–H and O–H groups in total. The van der Waals surface area contributed by atoms with E-state index in [0.29, 0.717) is 22.2 Å². The molecule has 1 aromatic heterocycles. The molecular weight excluding hydrogens is 455 g/mol. The maximum absolute atomic E-state index is 12.4. The van der Waals surface area contributed by atoms with Gasteiger partial charge in [-0.15, -0.1) is 0 Å². The zero-order valence-corrected chi connectivity index (χ0v) is 17.3. The van der Waals surface area contributed by atoms with Crippen molar-refractivity contribution in [3.63, 3.8) is 0 Å². The highest BCUT2D eigenvalue weighted by Crippen LogP contribution is 2.20. The first-order valence-corrected chi connectivity index (χ1v) is 10.2. The van der Waals surface area contributed by atoms with Crippen molar-refractivity contribution in [1.29, 1.82) is 0 Å². The summed E-state index contributed by atoms with van der Waals surface area (Å²) in [4.78, 5) is 12.5. The summed E-state index contributed by atoms with van der Waals surface area (Å²) in [7, 11) is -0.645. The average molecular weight is 476 g/mol. The van der Waals surface area contributed by atoms with Crippen LogP contribution in [0, 0.1) is 10.5 Å². The minimum Gasteiger partial charge on any atom is -0.352 e. The van der Waals surface area contributed by atoms with Crippen LogP contribution < -0.4 is 5.32 Å². The highest BCUT2D eigenvalue weighted by atomic mass is 127. The van der Waals surface area contributed by atoms with Gasteiger partial charge in [-0.05, 0) is 59.7 Å². The Morgan fingerprint density at radius 1 is 1.36 bits per heavy atom. The lowest BCUT2D eigenvalue weighted by molar-refractivity contribution is 0.0951. The second kappa shape index (κ2) is 8.28. The number of halogens is 1. The van der Waals surface area contributed by atoms with Crippen LogP contribution in [0.25, 0.3) is 0 Å². The molecule has 0 saturated carbocycles. The monoisotopic (exact) mass is 476 g/mol. The van der Waals surface area contributed by atoms with Crippen LogP contribution >= 0.6 is 22.6 Å². The summed E-state index contributed by atoms with van der Waals surface area (Å²) in [6.45, 7) is 3.17. The molecule has 136 valence electrons. The fraction of sp³-hybridized carbons (Fsp3) is 0.375. The molecule has 0 unspecified atom stereocenters. The molecule has 1 amide bonds. The van der Waals surface area contributed by atoms with Crippen molar-refractivity contribution in [3.8, 4) is 0 Å². The number of hydrogen-bond acceptors (Lipinski definition) is 4. The minimum absolute atomic E-state index is 0.107. The van der Waals surface area contributed by atoms with Crippen LogP contribution in [-0.4, -0.2) is 49.1 Å². The summed E-state index contributed by atoms with van der Waals surface area (Å²) in [5.74, 6) is -0.281. The molecule has 1 heterocycles. The first-order valence-electron chi connectivity index (χ1n) is 7.71. The quantitative estimate of drug-likeness (QED) is 0.489. The number of aromatic nitrogens is 2. The third-order valence-corrected chi connectivity index (χ3v) is 6.32. The van der Waals surface area contributed by atoms with E-state index in [0.717, 1.165) is 16.3 Å². The van der Waals surface area contributed by atoms with Gasteiger partial charge in [-0.3, -0.25) is 9.48 Å². The number of benzene rings is 1. The van der Waals surface area contributed by atoms with E-state index in [9.17, 15) is 13.2 Å². The van der Waals surface area contributed by atoms with Gasteiger partial charge >= 0.3 is 0 Å². The summed E-state index contributed by atoms with van der Waals surface area (Å²) >= 11 is 2.03. The summed E-state index contributed by atoms with van der Waals surface area (Å²) in [6, 6.07) is 4.57. The topological polar surface area (TPSA) is 84.3 Å². The molecule has 25 heavy (non-hydrogen) atoms. The average Bonchev–Trinajstić information content (AvgIpc) is 2.96. The van der Waals surface area contributed by atoms with Crippen molar-refractivity contribution in [2.75, 3.05) is 20.6 Å². The standard InChI is InChI=1S/C16H21IN4O3S/c1-12-10-19-21(11-12)8-4-7-18-16(22)14-9-13(5-6-15(14)17)25(23,24)20(2)3/h5-6,9-11H,4,7-8H2,1-3H3,(H,18,22). The number of rotatable bonds is 7. The summed E-state index contributed by atoms with van der Waals surface area (Å²) in [5, 5.41) is 7.02. The number of sulfonamides is 1. The van der Waals surface area contributed by atoms with E-state index >= 15 is 0 Å². The molecule has 0 aliphatic rings. The van der Waals surface area contributed by atoms with E-state index in [1.165, 1.54) is 26.2 Å². The van der Waals surface area contributed by atoms with Gasteiger partial charge in [0, 0.05) is 37.0 Å². The Balaban J connectivity index is 2.01. The number of amides is 1. The van der Waals surface area contributed by atoms with Crippen molar-refractivity contribution in [2.45, 2.75) is 24.8 Å². The van der Waals surface area contributed by atoms with E-state index in [2.05, 4.69) is 10.4 Å². The van der Waals surface area contributed by atoms with E-state index < -0.39 is 10.0 Å². The van der Waals surface area contributed by atoms with Crippen LogP contribution in [-0.2, 0) is 16.6 Å². The van der Waals surface area contributed by atoms with Gasteiger partial charge in [0.25, 0.3) is 5.91 Å². The predicted octanol–water partition coefficient (Wildman–Crippen LogP) is 1.87. The van der Waals surface area contributed by atoms with Crippen LogP contribution in [0.1, 0.15) is 22.3 Å². The zero-order chi connectivity index (χ0) is 18.6. The van der Waals surface area contributed by atoms with Crippen molar-refractivity contribution >= 4 is 38.5 Å². The molecule has 0 bridgehead atoms. The van der Waals surface area contributed by atoms with Crippen LogP contribution in [0.5, 0.6) is 0 Å². The lowest BCUT2D eigenvalue weighted by Gasteiger charge is -2.13. The molecule has 2 aromatic rings. The van der Waals surface area contributed by atoms with Gasteiger partial charge in [0.05, 0.1) is 16.7 Å². The SMILES string of the molecule is Cc1cnn(CCCNC(=O)c2cc(S(=O)(=O)N(C)C)ccc2I)c1. The van der Waals surface area contributed by atoms with Gasteiger partial charge in [0.1, 0.15) is 0 Å². The van der Waals surface area contributed by atoms with Gasteiger partial charge in [-0.1, -0.05) is 0 Å². The Labute approximate surface area is 161 Å². The number of carbonyl (C=O) groups excluding carboxylic acids is 1. The molecule has 0 spiro atoms. The van der Waals surface area contributed by atoms with Gasteiger partial charge in [-0.25, -0.2) is 12.7 Å². The summed E-state index contributed by atoms with van der Waals surface area (Å²) in [5.41, 5.74) is 1.45. The number of carbonyl (C=O) groups is 1. The smallest absolute Gasteiger partial charge is 0.252 e. The maximum atomic E-state index is 12.4. The molecule has 0 saturated heterocycles. The molecular formula is C16H21IN4O3S. The van der Waals surface area contributed by atoms with Crippen LogP contribution in [0.15, 0.2) is 35.5 Å². The number of hydrogen-bond donors (Lipinski definition) is 1. The van der Waals surface area contributed by atoms with Gasteiger partial charge < -0.3 is 5.32 Å². The molecule has 0 radical (unpaired) electrons. The van der Waals surface area contributed by atoms with E-state index in [4.69, 9.17) is 0 Å². The number of nitrogens with one attached hydrogen (secondary N) is 1. The number of nitrogens with zero attached hydrogens (tertiary/aromatic N) is 3. The maximum Gasteiger partial charge on any atom is 0.252 e. The van der Waals surface area contributed by atoms with Crippen LogP contribution in [0.3, 0.4) is 0 Å². The number of aryl methyl sites for hydroxylation is 2. The fourth-order valence-electron chi connectivity index (χ4n) is 2.18. The van der Waals surface area contributed by atoms with Gasteiger partial charge in [0.2, 0.25) is 10.0 Å². The first kappa shape index (κ1) is 19.9. The predicted molar refractivity (Wildman–Crippen MR) is 104 cm³/mol. The van der Waals surface area contributed by atoms with Crippen molar-refractivity contribution < 1.29 is 13.2 Å². The molecule has 9 heteroatoms. The van der Waals surface area contributed by atoms with E-state index in [-0.39, 0.29) is 10.8 Å². The summed E-state index contributed by atoms with van der Waals surface area (Å²) < 4.78 is 28.1. The largest absolute Gasteiger partial charge is 0.352 e. The Bertz CT molecular complexity index is 862. The van der Waals surface area contributed by atoms with Gasteiger partial charge in [0.15, 0.2) is 0 Å². The van der Waals surface area contributed by atoms with Crippen molar-refractivity contribution in [2.24, 2.45) is 0 Å². The third-order valence-electron chi connectivity index (χ3n) is 3.57. The second-order valence-corrected chi connectivity index (χ2v) is 9.13.